The molecular formula is C15H12ClF3N4OS. The fraction of sp³-hybridized carbons (Fsp3) is 0.267. The summed E-state index contributed by atoms with van der Waals surface area (Å²) >= 11 is 6.30. The Balaban J connectivity index is 2.22. The lowest BCUT2D eigenvalue weighted by Crippen LogP contribution is -2.23. The summed E-state index contributed by atoms with van der Waals surface area (Å²) in [6.07, 6.45) is -2.93. The third-order valence-corrected chi connectivity index (χ3v) is 4.65. The van der Waals surface area contributed by atoms with E-state index in [0.717, 1.165) is 4.57 Å². The molecule has 0 fully saturated rings. The Bertz CT molecular complexity index is 966. The van der Waals surface area contributed by atoms with Gasteiger partial charge < -0.3 is 4.57 Å². The van der Waals surface area contributed by atoms with Crippen molar-refractivity contribution in [3.8, 4) is 5.69 Å². The van der Waals surface area contributed by atoms with Crippen LogP contribution in [-0.4, -0.2) is 31.0 Å². The highest BCUT2D eigenvalue weighted by atomic mass is 35.5. The van der Waals surface area contributed by atoms with E-state index in [9.17, 15) is 18.0 Å². The highest BCUT2D eigenvalue weighted by Crippen LogP contribution is 2.28. The van der Waals surface area contributed by atoms with E-state index in [1.165, 1.54) is 6.33 Å². The SMILES string of the molecule is CCn1cnc2c(=O)n(-c3ccc(Cl)cc3)c(SCC(F)(F)F)nc21. The first-order valence-electron chi connectivity index (χ1n) is 7.23. The molecule has 2 heterocycles. The number of rotatable bonds is 4. The quantitative estimate of drug-likeness (QED) is 0.502. The first-order chi connectivity index (χ1) is 11.8. The van der Waals surface area contributed by atoms with E-state index in [-0.39, 0.29) is 16.3 Å². The van der Waals surface area contributed by atoms with Gasteiger partial charge in [-0.05, 0) is 31.2 Å². The minimum absolute atomic E-state index is 0.0488. The molecule has 10 heteroatoms. The highest BCUT2D eigenvalue weighted by molar-refractivity contribution is 7.99. The van der Waals surface area contributed by atoms with Gasteiger partial charge in [0.05, 0.1) is 17.8 Å². The monoisotopic (exact) mass is 388 g/mol. The maximum Gasteiger partial charge on any atom is 0.398 e. The molecule has 0 saturated heterocycles. The lowest BCUT2D eigenvalue weighted by molar-refractivity contribution is -0.105. The van der Waals surface area contributed by atoms with Crippen LogP contribution in [0, 0.1) is 0 Å². The molecule has 0 aliphatic carbocycles. The van der Waals surface area contributed by atoms with Crippen LogP contribution in [0.25, 0.3) is 16.9 Å². The van der Waals surface area contributed by atoms with Crippen LogP contribution >= 0.6 is 23.4 Å². The summed E-state index contributed by atoms with van der Waals surface area (Å²) in [5.74, 6) is -1.15. The van der Waals surface area contributed by atoms with Crippen molar-refractivity contribution in [3.05, 3.63) is 46.0 Å². The Morgan fingerprint density at radius 1 is 1.24 bits per heavy atom. The third kappa shape index (κ3) is 3.67. The number of aromatic nitrogens is 4. The van der Waals surface area contributed by atoms with Gasteiger partial charge in [-0.2, -0.15) is 13.2 Å². The number of halogens is 4. The van der Waals surface area contributed by atoms with Gasteiger partial charge in [0, 0.05) is 11.6 Å². The van der Waals surface area contributed by atoms with Crippen LogP contribution in [0.1, 0.15) is 6.92 Å². The van der Waals surface area contributed by atoms with Gasteiger partial charge in [-0.15, -0.1) is 0 Å². The molecule has 0 aliphatic rings. The summed E-state index contributed by atoms with van der Waals surface area (Å²) in [5, 5.41) is 0.401. The zero-order chi connectivity index (χ0) is 18.2. The Hall–Kier alpha value is -2.00. The molecular weight excluding hydrogens is 377 g/mol. The topological polar surface area (TPSA) is 52.7 Å². The molecule has 0 atom stereocenters. The molecule has 0 unspecified atom stereocenters. The van der Waals surface area contributed by atoms with Crippen molar-refractivity contribution in [2.24, 2.45) is 0 Å². The first-order valence-corrected chi connectivity index (χ1v) is 8.60. The van der Waals surface area contributed by atoms with Crippen molar-refractivity contribution < 1.29 is 13.2 Å². The Morgan fingerprint density at radius 3 is 2.52 bits per heavy atom. The van der Waals surface area contributed by atoms with Crippen molar-refractivity contribution >= 4 is 34.5 Å². The maximum atomic E-state index is 12.8. The number of hydrogen-bond acceptors (Lipinski definition) is 4. The van der Waals surface area contributed by atoms with Gasteiger partial charge in [0.1, 0.15) is 0 Å². The number of benzene rings is 1. The van der Waals surface area contributed by atoms with Gasteiger partial charge in [0.25, 0.3) is 5.56 Å². The third-order valence-electron chi connectivity index (χ3n) is 3.40. The average Bonchev–Trinajstić information content (AvgIpc) is 2.97. The van der Waals surface area contributed by atoms with E-state index < -0.39 is 17.5 Å². The second-order valence-electron chi connectivity index (χ2n) is 5.12. The second kappa shape index (κ2) is 6.72. The zero-order valence-electron chi connectivity index (χ0n) is 12.9. The normalized spacial score (nSPS) is 12.0. The predicted molar refractivity (Wildman–Crippen MR) is 90.6 cm³/mol. The molecule has 3 rings (SSSR count). The Labute approximate surface area is 149 Å². The number of hydrogen-bond donors (Lipinski definition) is 0. The average molecular weight is 389 g/mol. The Morgan fingerprint density at radius 2 is 1.92 bits per heavy atom. The number of aryl methyl sites for hydroxylation is 1. The highest BCUT2D eigenvalue weighted by Gasteiger charge is 2.29. The number of alkyl halides is 3. The second-order valence-corrected chi connectivity index (χ2v) is 6.50. The van der Waals surface area contributed by atoms with Crippen LogP contribution in [0.3, 0.4) is 0 Å². The van der Waals surface area contributed by atoms with Gasteiger partial charge in [-0.3, -0.25) is 9.36 Å². The first kappa shape index (κ1) is 17.8. The molecule has 0 amide bonds. The number of nitrogens with zero attached hydrogens (tertiary/aromatic N) is 4. The molecule has 0 saturated carbocycles. The van der Waals surface area contributed by atoms with Crippen molar-refractivity contribution in [1.29, 1.82) is 0 Å². The van der Waals surface area contributed by atoms with E-state index in [4.69, 9.17) is 11.6 Å². The van der Waals surface area contributed by atoms with Gasteiger partial charge in [-0.1, -0.05) is 23.4 Å². The number of imidazole rings is 1. The maximum absolute atomic E-state index is 12.8. The molecule has 1 aromatic carbocycles. The predicted octanol–water partition coefficient (Wildman–Crippen LogP) is 3.91. The van der Waals surface area contributed by atoms with Gasteiger partial charge in [0.15, 0.2) is 16.3 Å². The number of fused-ring (bicyclic) bond motifs is 1. The van der Waals surface area contributed by atoms with Crippen LogP contribution in [0.15, 0.2) is 40.5 Å². The van der Waals surface area contributed by atoms with Crippen LogP contribution < -0.4 is 5.56 Å². The van der Waals surface area contributed by atoms with Crippen LogP contribution in [0.5, 0.6) is 0 Å². The van der Waals surface area contributed by atoms with Crippen molar-refractivity contribution in [1.82, 2.24) is 19.1 Å². The molecule has 0 bridgehead atoms. The van der Waals surface area contributed by atoms with E-state index in [0.29, 0.717) is 29.0 Å². The minimum Gasteiger partial charge on any atom is -0.315 e. The summed E-state index contributed by atoms with van der Waals surface area (Å²) in [6, 6.07) is 6.20. The van der Waals surface area contributed by atoms with E-state index in [1.54, 1.807) is 28.8 Å². The lowest BCUT2D eigenvalue weighted by atomic mass is 10.3. The zero-order valence-corrected chi connectivity index (χ0v) is 14.5. The lowest BCUT2D eigenvalue weighted by Gasteiger charge is -2.13. The molecule has 5 nitrogen and oxygen atoms in total. The fourth-order valence-corrected chi connectivity index (χ4v) is 3.16. The minimum atomic E-state index is -4.38. The van der Waals surface area contributed by atoms with Crippen LogP contribution in [-0.2, 0) is 6.54 Å². The fourth-order valence-electron chi connectivity index (χ4n) is 2.27. The van der Waals surface area contributed by atoms with Gasteiger partial charge in [0.2, 0.25) is 0 Å². The molecule has 0 spiro atoms. The molecule has 2 aromatic heterocycles. The smallest absolute Gasteiger partial charge is 0.315 e. The molecule has 132 valence electrons. The molecule has 25 heavy (non-hydrogen) atoms. The van der Waals surface area contributed by atoms with E-state index >= 15 is 0 Å². The number of thioether (sulfide) groups is 1. The largest absolute Gasteiger partial charge is 0.398 e. The summed E-state index contributed by atoms with van der Waals surface area (Å²) in [5.41, 5.74) is 0.222. The Kier molecular flexibility index (Phi) is 4.79. The van der Waals surface area contributed by atoms with E-state index in [1.807, 2.05) is 6.92 Å². The van der Waals surface area contributed by atoms with Crippen LogP contribution in [0.4, 0.5) is 13.2 Å². The van der Waals surface area contributed by atoms with E-state index in [2.05, 4.69) is 9.97 Å². The summed E-state index contributed by atoms with van der Waals surface area (Å²) < 4.78 is 40.7. The summed E-state index contributed by atoms with van der Waals surface area (Å²) in [7, 11) is 0. The summed E-state index contributed by atoms with van der Waals surface area (Å²) in [4.78, 5) is 21.1. The summed E-state index contributed by atoms with van der Waals surface area (Å²) in [6.45, 7) is 2.33. The molecule has 3 aromatic rings. The van der Waals surface area contributed by atoms with Crippen molar-refractivity contribution in [3.63, 3.8) is 0 Å². The van der Waals surface area contributed by atoms with Crippen LogP contribution in [0.2, 0.25) is 5.02 Å². The molecule has 0 N–H and O–H groups in total. The molecule has 0 aliphatic heterocycles. The van der Waals surface area contributed by atoms with Crippen molar-refractivity contribution in [2.75, 3.05) is 5.75 Å². The van der Waals surface area contributed by atoms with Crippen molar-refractivity contribution in [2.45, 2.75) is 24.8 Å². The van der Waals surface area contributed by atoms with Gasteiger partial charge in [-0.25, -0.2) is 9.97 Å². The van der Waals surface area contributed by atoms with Gasteiger partial charge >= 0.3 is 6.18 Å². The molecule has 0 radical (unpaired) electrons. The standard InChI is InChI=1S/C15H12ClF3N4OS/c1-2-22-8-20-11-12(22)21-14(25-7-15(17,18)19)23(13(11)24)10-5-3-9(16)4-6-10/h3-6,8H,2,7H2,1H3.